The van der Waals surface area contributed by atoms with Crippen molar-refractivity contribution in [3.63, 3.8) is 0 Å². The highest BCUT2D eigenvalue weighted by Gasteiger charge is 2.13. The summed E-state index contributed by atoms with van der Waals surface area (Å²) in [6.45, 7) is 4.37. The molecule has 3 aromatic rings. The van der Waals surface area contributed by atoms with Crippen LogP contribution in [-0.4, -0.2) is 4.98 Å². The fraction of sp³-hybridized carbons (Fsp3) is 0.235. The van der Waals surface area contributed by atoms with Crippen molar-refractivity contribution in [2.24, 2.45) is 0 Å². The summed E-state index contributed by atoms with van der Waals surface area (Å²) in [5, 5.41) is 4.95. The highest BCUT2D eigenvalue weighted by molar-refractivity contribution is 7.19. The van der Waals surface area contributed by atoms with Crippen molar-refractivity contribution < 1.29 is 0 Å². The molecule has 0 fully saturated rings. The molecular weight excluding hydrogens is 264 g/mol. The van der Waals surface area contributed by atoms with Gasteiger partial charge in [-0.3, -0.25) is 4.98 Å². The van der Waals surface area contributed by atoms with E-state index >= 15 is 0 Å². The van der Waals surface area contributed by atoms with Gasteiger partial charge in [-0.15, -0.1) is 11.3 Å². The molecule has 20 heavy (non-hydrogen) atoms. The summed E-state index contributed by atoms with van der Waals surface area (Å²) in [6.07, 6.45) is 1.84. The van der Waals surface area contributed by atoms with Crippen LogP contribution in [0.4, 0.5) is 0 Å². The number of nitrogens with zero attached hydrogens (tertiary/aromatic N) is 1. The molecule has 0 spiro atoms. The Morgan fingerprint density at radius 2 is 1.80 bits per heavy atom. The second-order valence-electron chi connectivity index (χ2n) is 5.05. The fourth-order valence-electron chi connectivity index (χ4n) is 2.39. The largest absolute Gasteiger partial charge is 0.301 e. The van der Waals surface area contributed by atoms with Gasteiger partial charge in [0.2, 0.25) is 0 Å². The van der Waals surface area contributed by atoms with Crippen LogP contribution in [-0.2, 0) is 0 Å². The van der Waals surface area contributed by atoms with Crippen molar-refractivity contribution in [3.05, 3.63) is 65.3 Å². The van der Waals surface area contributed by atoms with E-state index in [4.69, 9.17) is 0 Å². The molecule has 0 amide bonds. The Labute approximate surface area is 123 Å². The molecule has 2 aromatic heterocycles. The smallest absolute Gasteiger partial charge is 0.0570 e. The quantitative estimate of drug-likeness (QED) is 0.749. The predicted octanol–water partition coefficient (Wildman–Crippen LogP) is 4.71. The van der Waals surface area contributed by atoms with Crippen LogP contribution in [0.25, 0.3) is 10.1 Å². The highest BCUT2D eigenvalue weighted by Crippen LogP contribution is 2.30. The second kappa shape index (κ2) is 5.73. The van der Waals surface area contributed by atoms with Gasteiger partial charge in [-0.25, -0.2) is 0 Å². The molecule has 0 saturated carbocycles. The zero-order valence-corrected chi connectivity index (χ0v) is 12.5. The predicted molar refractivity (Wildman–Crippen MR) is 86.0 cm³/mol. The summed E-state index contributed by atoms with van der Waals surface area (Å²) < 4.78 is 1.35. The van der Waals surface area contributed by atoms with Gasteiger partial charge in [0.15, 0.2) is 0 Å². The Morgan fingerprint density at radius 1 is 1.00 bits per heavy atom. The Kier molecular flexibility index (Phi) is 3.81. The third-order valence-corrected chi connectivity index (χ3v) is 4.80. The molecule has 0 aliphatic heterocycles. The summed E-state index contributed by atoms with van der Waals surface area (Å²) in [4.78, 5) is 5.78. The SMILES string of the molecule is CC(N[C@@H](C)c1ccccn1)c1cc2ccccc2s1. The minimum Gasteiger partial charge on any atom is -0.301 e. The first-order valence-electron chi connectivity index (χ1n) is 6.89. The molecule has 1 unspecified atom stereocenters. The molecule has 0 bridgehead atoms. The van der Waals surface area contributed by atoms with Gasteiger partial charge >= 0.3 is 0 Å². The monoisotopic (exact) mass is 282 g/mol. The number of pyridine rings is 1. The number of benzene rings is 1. The number of aromatic nitrogens is 1. The number of fused-ring (bicyclic) bond motifs is 1. The Balaban J connectivity index is 1.77. The lowest BCUT2D eigenvalue weighted by atomic mass is 10.1. The molecular formula is C17H18N2S. The van der Waals surface area contributed by atoms with Crippen LogP contribution in [0.15, 0.2) is 54.7 Å². The zero-order chi connectivity index (χ0) is 13.9. The minimum atomic E-state index is 0.247. The van der Waals surface area contributed by atoms with Crippen LogP contribution < -0.4 is 5.32 Å². The summed E-state index contributed by atoms with van der Waals surface area (Å²) in [6, 6.07) is 17.4. The van der Waals surface area contributed by atoms with Gasteiger partial charge in [0.05, 0.1) is 5.69 Å². The zero-order valence-electron chi connectivity index (χ0n) is 11.7. The normalized spacial score (nSPS) is 14.3. The second-order valence-corrected chi connectivity index (χ2v) is 6.17. The fourth-order valence-corrected chi connectivity index (χ4v) is 3.47. The van der Waals surface area contributed by atoms with Crippen LogP contribution >= 0.6 is 11.3 Å². The van der Waals surface area contributed by atoms with Gasteiger partial charge in [0.25, 0.3) is 0 Å². The van der Waals surface area contributed by atoms with Gasteiger partial charge in [0, 0.05) is 27.9 Å². The Morgan fingerprint density at radius 3 is 2.55 bits per heavy atom. The molecule has 0 radical (unpaired) electrons. The van der Waals surface area contributed by atoms with Crippen LogP contribution in [0.2, 0.25) is 0 Å². The third kappa shape index (κ3) is 2.74. The summed E-state index contributed by atoms with van der Waals surface area (Å²) in [5.74, 6) is 0. The molecule has 0 saturated heterocycles. The van der Waals surface area contributed by atoms with E-state index in [0.29, 0.717) is 6.04 Å². The summed E-state index contributed by atoms with van der Waals surface area (Å²) in [7, 11) is 0. The summed E-state index contributed by atoms with van der Waals surface area (Å²) >= 11 is 1.86. The van der Waals surface area contributed by atoms with E-state index in [2.05, 4.69) is 60.5 Å². The van der Waals surface area contributed by atoms with Gasteiger partial charge in [0.1, 0.15) is 0 Å². The highest BCUT2D eigenvalue weighted by atomic mass is 32.1. The number of hydrogen-bond acceptors (Lipinski definition) is 3. The molecule has 1 N–H and O–H groups in total. The van der Waals surface area contributed by atoms with Crippen molar-refractivity contribution in [3.8, 4) is 0 Å². The van der Waals surface area contributed by atoms with E-state index in [1.54, 1.807) is 0 Å². The van der Waals surface area contributed by atoms with E-state index in [0.717, 1.165) is 5.69 Å². The molecule has 3 heteroatoms. The molecule has 0 aliphatic rings. The van der Waals surface area contributed by atoms with Crippen molar-refractivity contribution in [2.75, 3.05) is 0 Å². The lowest BCUT2D eigenvalue weighted by molar-refractivity contribution is 0.491. The van der Waals surface area contributed by atoms with Gasteiger partial charge in [-0.05, 0) is 43.5 Å². The van der Waals surface area contributed by atoms with Crippen LogP contribution in [0.3, 0.4) is 0 Å². The topological polar surface area (TPSA) is 24.9 Å². The van der Waals surface area contributed by atoms with Gasteiger partial charge < -0.3 is 5.32 Å². The lowest BCUT2D eigenvalue weighted by Crippen LogP contribution is -2.22. The molecule has 102 valence electrons. The average molecular weight is 282 g/mol. The van der Waals surface area contributed by atoms with Crippen LogP contribution in [0.1, 0.15) is 36.5 Å². The third-order valence-electron chi connectivity index (χ3n) is 3.50. The van der Waals surface area contributed by atoms with E-state index < -0.39 is 0 Å². The van der Waals surface area contributed by atoms with Crippen LogP contribution in [0.5, 0.6) is 0 Å². The van der Waals surface area contributed by atoms with Crippen molar-refractivity contribution in [1.82, 2.24) is 10.3 Å². The Hall–Kier alpha value is -1.71. The van der Waals surface area contributed by atoms with E-state index in [1.807, 2.05) is 29.7 Å². The standard InChI is InChI=1S/C17H18N2S/c1-12(15-8-5-6-10-18-15)19-13(2)17-11-14-7-3-4-9-16(14)20-17/h3-13,19H,1-2H3/t12-,13?/m0/s1. The van der Waals surface area contributed by atoms with E-state index in [9.17, 15) is 0 Å². The first kappa shape index (κ1) is 13.3. The first-order valence-corrected chi connectivity index (χ1v) is 7.71. The van der Waals surface area contributed by atoms with E-state index in [1.165, 1.54) is 15.0 Å². The van der Waals surface area contributed by atoms with Crippen LogP contribution in [0, 0.1) is 0 Å². The molecule has 1 aromatic carbocycles. The number of rotatable bonds is 4. The lowest BCUT2D eigenvalue weighted by Gasteiger charge is -2.18. The van der Waals surface area contributed by atoms with Crippen molar-refractivity contribution >= 4 is 21.4 Å². The van der Waals surface area contributed by atoms with Crippen molar-refractivity contribution in [1.29, 1.82) is 0 Å². The average Bonchev–Trinajstić information content (AvgIpc) is 2.92. The van der Waals surface area contributed by atoms with Gasteiger partial charge in [-0.1, -0.05) is 24.3 Å². The molecule has 2 nitrogen and oxygen atoms in total. The Bertz CT molecular complexity index is 657. The number of hydrogen-bond donors (Lipinski definition) is 1. The minimum absolute atomic E-state index is 0.247. The summed E-state index contributed by atoms with van der Waals surface area (Å²) in [5.41, 5.74) is 1.08. The number of nitrogens with one attached hydrogen (secondary N) is 1. The molecule has 3 rings (SSSR count). The maximum absolute atomic E-state index is 4.41. The molecule has 2 heterocycles. The van der Waals surface area contributed by atoms with E-state index in [-0.39, 0.29) is 6.04 Å². The van der Waals surface area contributed by atoms with Crippen molar-refractivity contribution in [2.45, 2.75) is 25.9 Å². The molecule has 2 atom stereocenters. The maximum atomic E-state index is 4.41. The maximum Gasteiger partial charge on any atom is 0.0570 e. The first-order chi connectivity index (χ1) is 9.74. The van der Waals surface area contributed by atoms with Gasteiger partial charge in [-0.2, -0.15) is 0 Å². The number of thiophene rings is 1. The molecule has 0 aliphatic carbocycles.